The highest BCUT2D eigenvalue weighted by Crippen LogP contribution is 1.99. The van der Waals surface area contributed by atoms with Gasteiger partial charge in [0, 0.05) is 27.3 Å². The standard InChI is InChI=1S/C11H22N2O5/c1-4-18-10(14)8-13(5-6-16-2)11(15)9(7-12)17-3/h9H,4-8,12H2,1-3H3. The summed E-state index contributed by atoms with van der Waals surface area (Å²) in [7, 11) is 2.91. The third kappa shape index (κ3) is 5.95. The molecular weight excluding hydrogens is 240 g/mol. The topological polar surface area (TPSA) is 91.1 Å². The Morgan fingerprint density at radius 1 is 1.33 bits per heavy atom. The first-order valence-electron chi connectivity index (χ1n) is 5.76. The van der Waals surface area contributed by atoms with Gasteiger partial charge < -0.3 is 24.8 Å². The van der Waals surface area contributed by atoms with Crippen LogP contribution in [0.4, 0.5) is 0 Å². The van der Waals surface area contributed by atoms with Crippen LogP contribution in [0.3, 0.4) is 0 Å². The lowest BCUT2D eigenvalue weighted by molar-refractivity contribution is -0.153. The number of hydrogen-bond donors (Lipinski definition) is 1. The van der Waals surface area contributed by atoms with E-state index in [2.05, 4.69) is 0 Å². The van der Waals surface area contributed by atoms with E-state index in [9.17, 15) is 9.59 Å². The molecule has 0 saturated heterocycles. The smallest absolute Gasteiger partial charge is 0.325 e. The van der Waals surface area contributed by atoms with Gasteiger partial charge in [0.2, 0.25) is 0 Å². The molecule has 0 radical (unpaired) electrons. The maximum absolute atomic E-state index is 12.0. The Bertz CT molecular complexity index is 256. The monoisotopic (exact) mass is 262 g/mol. The summed E-state index contributed by atoms with van der Waals surface area (Å²) < 4.78 is 14.7. The van der Waals surface area contributed by atoms with Crippen molar-refractivity contribution < 1.29 is 23.8 Å². The molecule has 1 amide bonds. The lowest BCUT2D eigenvalue weighted by Gasteiger charge is -2.25. The normalized spacial score (nSPS) is 12.0. The van der Waals surface area contributed by atoms with E-state index in [1.54, 1.807) is 6.92 Å². The summed E-state index contributed by atoms with van der Waals surface area (Å²) in [6, 6.07) is 0. The quantitative estimate of drug-likeness (QED) is 0.536. The molecule has 0 saturated carbocycles. The van der Waals surface area contributed by atoms with E-state index in [0.717, 1.165) is 0 Å². The molecule has 0 aliphatic rings. The molecule has 18 heavy (non-hydrogen) atoms. The van der Waals surface area contributed by atoms with Gasteiger partial charge in [-0.15, -0.1) is 0 Å². The summed E-state index contributed by atoms with van der Waals surface area (Å²) in [6.07, 6.45) is -0.753. The minimum absolute atomic E-state index is 0.0572. The highest BCUT2D eigenvalue weighted by molar-refractivity contribution is 5.85. The summed E-state index contributed by atoms with van der Waals surface area (Å²) in [4.78, 5) is 24.7. The second kappa shape index (κ2) is 9.81. The fraction of sp³-hybridized carbons (Fsp3) is 0.818. The maximum Gasteiger partial charge on any atom is 0.325 e. The highest BCUT2D eigenvalue weighted by Gasteiger charge is 2.24. The van der Waals surface area contributed by atoms with E-state index in [0.29, 0.717) is 6.61 Å². The third-order valence-corrected chi connectivity index (χ3v) is 2.28. The molecule has 0 aliphatic carbocycles. The zero-order valence-corrected chi connectivity index (χ0v) is 11.2. The highest BCUT2D eigenvalue weighted by atomic mass is 16.5. The molecule has 0 aliphatic heterocycles. The largest absolute Gasteiger partial charge is 0.465 e. The van der Waals surface area contributed by atoms with Crippen LogP contribution in [0.5, 0.6) is 0 Å². The first-order valence-corrected chi connectivity index (χ1v) is 5.76. The van der Waals surface area contributed by atoms with Crippen LogP contribution in [0.15, 0.2) is 0 Å². The van der Waals surface area contributed by atoms with Crippen molar-refractivity contribution in [2.45, 2.75) is 13.0 Å². The Kier molecular flexibility index (Phi) is 9.17. The average molecular weight is 262 g/mol. The van der Waals surface area contributed by atoms with Crippen LogP contribution in [0.2, 0.25) is 0 Å². The number of ether oxygens (including phenoxy) is 3. The zero-order valence-electron chi connectivity index (χ0n) is 11.2. The molecule has 2 N–H and O–H groups in total. The Balaban J connectivity index is 4.54. The number of methoxy groups -OCH3 is 2. The molecule has 0 heterocycles. The van der Waals surface area contributed by atoms with Crippen molar-refractivity contribution in [3.63, 3.8) is 0 Å². The van der Waals surface area contributed by atoms with Crippen LogP contribution in [0.25, 0.3) is 0 Å². The van der Waals surface area contributed by atoms with Crippen LogP contribution in [-0.2, 0) is 23.8 Å². The molecule has 1 unspecified atom stereocenters. The van der Waals surface area contributed by atoms with E-state index in [-0.39, 0.29) is 32.1 Å². The van der Waals surface area contributed by atoms with Gasteiger partial charge in [0.05, 0.1) is 13.2 Å². The number of esters is 1. The van der Waals surface area contributed by atoms with E-state index >= 15 is 0 Å². The molecular formula is C11H22N2O5. The second-order valence-electron chi connectivity index (χ2n) is 3.52. The van der Waals surface area contributed by atoms with Crippen LogP contribution in [0.1, 0.15) is 6.92 Å². The van der Waals surface area contributed by atoms with E-state index in [1.165, 1.54) is 19.1 Å². The number of rotatable bonds is 9. The van der Waals surface area contributed by atoms with Crippen LogP contribution in [-0.4, -0.2) is 69.9 Å². The minimum atomic E-state index is -0.753. The van der Waals surface area contributed by atoms with E-state index < -0.39 is 12.1 Å². The van der Waals surface area contributed by atoms with Crippen molar-refractivity contribution >= 4 is 11.9 Å². The molecule has 0 aromatic rings. The average Bonchev–Trinajstić information content (AvgIpc) is 2.36. The van der Waals surface area contributed by atoms with Gasteiger partial charge in [-0.1, -0.05) is 0 Å². The summed E-state index contributed by atoms with van der Waals surface area (Å²) in [5, 5.41) is 0. The Morgan fingerprint density at radius 2 is 2.00 bits per heavy atom. The molecule has 0 aromatic carbocycles. The Morgan fingerprint density at radius 3 is 2.44 bits per heavy atom. The summed E-state index contributed by atoms with van der Waals surface area (Å²) in [6.45, 7) is 2.52. The van der Waals surface area contributed by atoms with Gasteiger partial charge >= 0.3 is 5.97 Å². The number of nitrogens with two attached hydrogens (primary N) is 1. The van der Waals surface area contributed by atoms with Crippen molar-refractivity contribution in [2.24, 2.45) is 5.73 Å². The summed E-state index contributed by atoms with van der Waals surface area (Å²) >= 11 is 0. The first-order chi connectivity index (χ1) is 8.60. The number of carbonyl (C=O) groups excluding carboxylic acids is 2. The predicted molar refractivity (Wildman–Crippen MR) is 64.9 cm³/mol. The fourth-order valence-corrected chi connectivity index (χ4v) is 1.33. The van der Waals surface area contributed by atoms with Gasteiger partial charge in [-0.05, 0) is 6.92 Å². The summed E-state index contributed by atoms with van der Waals surface area (Å²) in [5.74, 6) is -0.807. The number of amides is 1. The van der Waals surface area contributed by atoms with E-state index in [1.807, 2.05) is 0 Å². The molecule has 0 bridgehead atoms. The van der Waals surface area contributed by atoms with E-state index in [4.69, 9.17) is 19.9 Å². The molecule has 0 aromatic heterocycles. The maximum atomic E-state index is 12.0. The minimum Gasteiger partial charge on any atom is -0.465 e. The fourth-order valence-electron chi connectivity index (χ4n) is 1.33. The molecule has 7 nitrogen and oxygen atoms in total. The molecule has 1 atom stereocenters. The van der Waals surface area contributed by atoms with Gasteiger partial charge in [0.15, 0.2) is 0 Å². The number of carbonyl (C=O) groups is 2. The van der Waals surface area contributed by atoms with Crippen LogP contribution < -0.4 is 5.73 Å². The SMILES string of the molecule is CCOC(=O)CN(CCOC)C(=O)C(CN)OC. The third-order valence-electron chi connectivity index (χ3n) is 2.28. The lowest BCUT2D eigenvalue weighted by Crippen LogP contribution is -2.47. The van der Waals surface area contributed by atoms with Crippen molar-refractivity contribution in [3.8, 4) is 0 Å². The lowest BCUT2D eigenvalue weighted by atomic mass is 10.3. The first kappa shape index (κ1) is 16.8. The molecule has 106 valence electrons. The second-order valence-corrected chi connectivity index (χ2v) is 3.52. The van der Waals surface area contributed by atoms with Gasteiger partial charge in [0.25, 0.3) is 5.91 Å². The van der Waals surface area contributed by atoms with Crippen LogP contribution >= 0.6 is 0 Å². The van der Waals surface area contributed by atoms with Crippen molar-refractivity contribution in [3.05, 3.63) is 0 Å². The van der Waals surface area contributed by atoms with Crippen LogP contribution in [0, 0.1) is 0 Å². The van der Waals surface area contributed by atoms with Gasteiger partial charge in [0.1, 0.15) is 12.6 Å². The van der Waals surface area contributed by atoms with Gasteiger partial charge in [-0.2, -0.15) is 0 Å². The zero-order chi connectivity index (χ0) is 14.0. The Hall–Kier alpha value is -1.18. The number of nitrogens with zero attached hydrogens (tertiary/aromatic N) is 1. The van der Waals surface area contributed by atoms with Crippen molar-refractivity contribution in [1.82, 2.24) is 4.90 Å². The molecule has 7 heteroatoms. The molecule has 0 fully saturated rings. The van der Waals surface area contributed by atoms with Gasteiger partial charge in [-0.25, -0.2) is 0 Å². The summed E-state index contributed by atoms with van der Waals surface area (Å²) in [5.41, 5.74) is 5.42. The predicted octanol–water partition coefficient (Wildman–Crippen LogP) is -1.00. The van der Waals surface area contributed by atoms with Crippen molar-refractivity contribution in [1.29, 1.82) is 0 Å². The van der Waals surface area contributed by atoms with Gasteiger partial charge in [-0.3, -0.25) is 9.59 Å². The Labute approximate surface area is 107 Å². The number of hydrogen-bond acceptors (Lipinski definition) is 6. The molecule has 0 spiro atoms. The van der Waals surface area contributed by atoms with Crippen molar-refractivity contribution in [2.75, 3.05) is 47.1 Å². The molecule has 0 rings (SSSR count).